The van der Waals surface area contributed by atoms with Crippen molar-refractivity contribution in [2.75, 3.05) is 0 Å². The molecule has 0 bridgehead atoms. The summed E-state index contributed by atoms with van der Waals surface area (Å²) in [6, 6.07) is 2.04. The summed E-state index contributed by atoms with van der Waals surface area (Å²) in [6.45, 7) is 3.65. The third-order valence-electron chi connectivity index (χ3n) is 3.51. The Morgan fingerprint density at radius 2 is 2.05 bits per heavy atom. The first kappa shape index (κ1) is 14.5. The lowest BCUT2D eigenvalue weighted by Crippen LogP contribution is -2.51. The first-order valence-corrected chi connectivity index (χ1v) is 7.86. The van der Waals surface area contributed by atoms with Gasteiger partial charge in [0.15, 0.2) is 0 Å². The van der Waals surface area contributed by atoms with Gasteiger partial charge in [-0.05, 0) is 51.2 Å². The van der Waals surface area contributed by atoms with Gasteiger partial charge in [-0.1, -0.05) is 18.6 Å². The van der Waals surface area contributed by atoms with Gasteiger partial charge >= 0.3 is 0 Å². The SMILES string of the molecule is CC(C)(NC(=O)c1cc2c(s1)CCCCC2)C(N)=S. The van der Waals surface area contributed by atoms with Crippen LogP contribution >= 0.6 is 23.6 Å². The van der Waals surface area contributed by atoms with Crippen LogP contribution in [0.15, 0.2) is 6.07 Å². The molecule has 0 aromatic carbocycles. The standard InChI is InChI=1S/C14H20N2OS2/c1-14(2,13(15)18)16-12(17)11-8-9-6-4-3-5-7-10(9)19-11/h8H,3-7H2,1-2H3,(H2,15,18)(H,16,17). The minimum absolute atomic E-state index is 0.0733. The molecular formula is C14H20N2OS2. The largest absolute Gasteiger partial charge is 0.391 e. The average molecular weight is 296 g/mol. The van der Waals surface area contributed by atoms with Crippen LogP contribution in [-0.2, 0) is 12.8 Å². The van der Waals surface area contributed by atoms with Crippen molar-refractivity contribution in [1.29, 1.82) is 0 Å². The summed E-state index contributed by atoms with van der Waals surface area (Å²) in [4.78, 5) is 14.7. The second-order valence-electron chi connectivity index (χ2n) is 5.56. The topological polar surface area (TPSA) is 55.1 Å². The van der Waals surface area contributed by atoms with E-state index in [4.69, 9.17) is 18.0 Å². The van der Waals surface area contributed by atoms with E-state index in [9.17, 15) is 4.79 Å². The van der Waals surface area contributed by atoms with E-state index in [2.05, 4.69) is 5.32 Å². The van der Waals surface area contributed by atoms with Crippen LogP contribution in [-0.4, -0.2) is 16.4 Å². The van der Waals surface area contributed by atoms with Gasteiger partial charge in [0, 0.05) is 4.88 Å². The molecule has 1 amide bonds. The van der Waals surface area contributed by atoms with Crippen LogP contribution in [0.1, 0.15) is 53.2 Å². The Hall–Kier alpha value is -0.940. The van der Waals surface area contributed by atoms with E-state index in [1.807, 2.05) is 19.9 Å². The number of aryl methyl sites for hydroxylation is 2. The van der Waals surface area contributed by atoms with E-state index < -0.39 is 5.54 Å². The number of thiophene rings is 1. The van der Waals surface area contributed by atoms with Gasteiger partial charge in [0.25, 0.3) is 5.91 Å². The van der Waals surface area contributed by atoms with Gasteiger partial charge in [-0.25, -0.2) is 0 Å². The Kier molecular flexibility index (Phi) is 4.26. The Bertz CT molecular complexity index is 482. The third-order valence-corrected chi connectivity index (χ3v) is 5.26. The van der Waals surface area contributed by atoms with Crippen LogP contribution in [0.4, 0.5) is 0 Å². The van der Waals surface area contributed by atoms with E-state index in [-0.39, 0.29) is 5.91 Å². The number of nitrogens with two attached hydrogens (primary N) is 1. The number of thiocarbonyl (C=S) groups is 1. The van der Waals surface area contributed by atoms with Gasteiger partial charge in [0.1, 0.15) is 0 Å². The van der Waals surface area contributed by atoms with Gasteiger partial charge in [-0.2, -0.15) is 0 Å². The summed E-state index contributed by atoms with van der Waals surface area (Å²) < 4.78 is 0. The van der Waals surface area contributed by atoms with Gasteiger partial charge in [-0.15, -0.1) is 11.3 Å². The smallest absolute Gasteiger partial charge is 0.262 e. The average Bonchev–Trinajstić information content (AvgIpc) is 2.60. The summed E-state index contributed by atoms with van der Waals surface area (Å²) in [6.07, 6.45) is 5.94. The molecule has 0 aliphatic heterocycles. The maximum Gasteiger partial charge on any atom is 0.262 e. The normalized spacial score (nSPS) is 15.5. The zero-order valence-corrected chi connectivity index (χ0v) is 13.0. The number of amides is 1. The summed E-state index contributed by atoms with van der Waals surface area (Å²) >= 11 is 6.58. The molecule has 104 valence electrons. The van der Waals surface area contributed by atoms with E-state index in [1.54, 1.807) is 11.3 Å². The first-order valence-electron chi connectivity index (χ1n) is 6.64. The Labute approximate surface area is 123 Å². The fraction of sp³-hybridized carbons (Fsp3) is 0.571. The van der Waals surface area contributed by atoms with Gasteiger partial charge < -0.3 is 11.1 Å². The van der Waals surface area contributed by atoms with Crippen LogP contribution in [0.5, 0.6) is 0 Å². The lowest BCUT2D eigenvalue weighted by Gasteiger charge is -2.24. The fourth-order valence-corrected chi connectivity index (χ4v) is 3.39. The Balaban J connectivity index is 2.14. The second kappa shape index (κ2) is 5.59. The number of nitrogens with one attached hydrogen (secondary N) is 1. The quantitative estimate of drug-likeness (QED) is 0.666. The molecule has 3 nitrogen and oxygen atoms in total. The molecule has 19 heavy (non-hydrogen) atoms. The van der Waals surface area contributed by atoms with Crippen molar-refractivity contribution in [3.63, 3.8) is 0 Å². The van der Waals surface area contributed by atoms with Crippen molar-refractivity contribution in [3.8, 4) is 0 Å². The summed E-state index contributed by atoms with van der Waals surface area (Å²) in [7, 11) is 0. The first-order chi connectivity index (χ1) is 8.90. The minimum atomic E-state index is -0.645. The summed E-state index contributed by atoms with van der Waals surface area (Å²) in [5.74, 6) is -0.0733. The van der Waals surface area contributed by atoms with Crippen LogP contribution < -0.4 is 11.1 Å². The summed E-state index contributed by atoms with van der Waals surface area (Å²) in [5, 5.41) is 2.90. The van der Waals surface area contributed by atoms with Crippen LogP contribution in [0, 0.1) is 0 Å². The molecule has 1 aromatic heterocycles. The van der Waals surface area contributed by atoms with Gasteiger partial charge in [-0.3, -0.25) is 4.79 Å². The van der Waals surface area contributed by atoms with Gasteiger partial charge in [0.05, 0.1) is 15.4 Å². The van der Waals surface area contributed by atoms with Crippen LogP contribution in [0.25, 0.3) is 0 Å². The molecule has 5 heteroatoms. The van der Waals surface area contributed by atoms with Crippen molar-refractivity contribution in [3.05, 3.63) is 21.4 Å². The number of hydrogen-bond acceptors (Lipinski definition) is 3. The van der Waals surface area contributed by atoms with E-state index in [1.165, 1.54) is 29.7 Å². The highest BCUT2D eigenvalue weighted by molar-refractivity contribution is 7.80. The predicted molar refractivity (Wildman–Crippen MR) is 83.9 cm³/mol. The number of fused-ring (bicyclic) bond motifs is 1. The Morgan fingerprint density at radius 1 is 1.37 bits per heavy atom. The third kappa shape index (κ3) is 3.34. The molecule has 0 saturated heterocycles. The molecule has 0 saturated carbocycles. The Morgan fingerprint density at radius 3 is 2.74 bits per heavy atom. The van der Waals surface area contributed by atoms with Crippen molar-refractivity contribution < 1.29 is 4.79 Å². The van der Waals surface area contributed by atoms with Gasteiger partial charge in [0.2, 0.25) is 0 Å². The minimum Gasteiger partial charge on any atom is -0.391 e. The molecule has 0 fully saturated rings. The van der Waals surface area contributed by atoms with Crippen LogP contribution in [0.2, 0.25) is 0 Å². The lowest BCUT2D eigenvalue weighted by molar-refractivity contribution is 0.0936. The highest BCUT2D eigenvalue weighted by Crippen LogP contribution is 2.29. The molecule has 1 aliphatic carbocycles. The van der Waals surface area contributed by atoms with Crippen molar-refractivity contribution >= 4 is 34.5 Å². The van der Waals surface area contributed by atoms with E-state index in [0.717, 1.165) is 17.7 Å². The van der Waals surface area contributed by atoms with Crippen molar-refractivity contribution in [2.45, 2.75) is 51.5 Å². The molecule has 2 rings (SSSR count). The monoisotopic (exact) mass is 296 g/mol. The molecule has 3 N–H and O–H groups in total. The summed E-state index contributed by atoms with van der Waals surface area (Å²) in [5.41, 5.74) is 6.34. The molecule has 0 unspecified atom stereocenters. The van der Waals surface area contributed by atoms with Crippen LogP contribution in [0.3, 0.4) is 0 Å². The molecule has 0 atom stereocenters. The second-order valence-corrected chi connectivity index (χ2v) is 7.14. The number of hydrogen-bond donors (Lipinski definition) is 2. The molecular weight excluding hydrogens is 276 g/mol. The lowest BCUT2D eigenvalue weighted by atomic mass is 10.1. The molecule has 1 aromatic rings. The highest BCUT2D eigenvalue weighted by atomic mass is 32.1. The molecule has 0 spiro atoms. The van der Waals surface area contributed by atoms with Crippen molar-refractivity contribution in [1.82, 2.24) is 5.32 Å². The number of carbonyl (C=O) groups excluding carboxylic acids is 1. The molecule has 1 aliphatic rings. The fourth-order valence-electron chi connectivity index (χ4n) is 2.19. The maximum absolute atomic E-state index is 12.3. The molecule has 1 heterocycles. The van der Waals surface area contributed by atoms with E-state index >= 15 is 0 Å². The highest BCUT2D eigenvalue weighted by Gasteiger charge is 2.25. The maximum atomic E-state index is 12.3. The zero-order valence-electron chi connectivity index (χ0n) is 11.4. The van der Waals surface area contributed by atoms with Crippen molar-refractivity contribution in [2.24, 2.45) is 5.73 Å². The number of rotatable bonds is 3. The van der Waals surface area contributed by atoms with E-state index in [0.29, 0.717) is 4.99 Å². The predicted octanol–water partition coefficient (Wildman–Crippen LogP) is 2.81. The number of carbonyl (C=O) groups is 1. The zero-order chi connectivity index (χ0) is 14.0. The molecule has 0 radical (unpaired) electrons.